The number of piperazine rings is 1. The molecule has 2 N–H and O–H groups in total. The van der Waals surface area contributed by atoms with Crippen molar-refractivity contribution in [2.24, 2.45) is 0 Å². The van der Waals surface area contributed by atoms with Gasteiger partial charge in [0.25, 0.3) is 0 Å². The predicted molar refractivity (Wildman–Crippen MR) is 75.2 cm³/mol. The summed E-state index contributed by atoms with van der Waals surface area (Å²) in [5.41, 5.74) is 2.42. The SMILES string of the molecule is C[C@@H]1CN(CC(=O)N2CCc3ccccc32)CC[NH2+]1. The van der Waals surface area contributed by atoms with E-state index < -0.39 is 0 Å². The highest BCUT2D eigenvalue weighted by Crippen LogP contribution is 2.27. The maximum atomic E-state index is 12.5. The summed E-state index contributed by atoms with van der Waals surface area (Å²) in [6.07, 6.45) is 0.992. The van der Waals surface area contributed by atoms with Crippen LogP contribution >= 0.6 is 0 Å². The van der Waals surface area contributed by atoms with Crippen LogP contribution in [-0.4, -0.2) is 49.6 Å². The van der Waals surface area contributed by atoms with E-state index in [4.69, 9.17) is 0 Å². The first-order valence-electron chi connectivity index (χ1n) is 7.18. The number of carbonyl (C=O) groups excluding carboxylic acids is 1. The minimum atomic E-state index is 0.249. The molecule has 2 aliphatic heterocycles. The fourth-order valence-corrected chi connectivity index (χ4v) is 3.13. The van der Waals surface area contributed by atoms with Gasteiger partial charge in [0, 0.05) is 18.8 Å². The lowest BCUT2D eigenvalue weighted by atomic mass is 10.2. The molecule has 0 spiro atoms. The van der Waals surface area contributed by atoms with E-state index in [2.05, 4.69) is 35.3 Å². The molecule has 0 unspecified atom stereocenters. The number of para-hydroxylation sites is 1. The molecule has 4 nitrogen and oxygen atoms in total. The lowest BCUT2D eigenvalue weighted by Gasteiger charge is -2.30. The number of fused-ring (bicyclic) bond motifs is 1. The van der Waals surface area contributed by atoms with E-state index in [0.717, 1.165) is 38.3 Å². The van der Waals surface area contributed by atoms with Crippen molar-refractivity contribution in [3.63, 3.8) is 0 Å². The Morgan fingerprint density at radius 3 is 3.05 bits per heavy atom. The van der Waals surface area contributed by atoms with Crippen LogP contribution in [0.4, 0.5) is 5.69 Å². The Morgan fingerprint density at radius 1 is 1.37 bits per heavy atom. The van der Waals surface area contributed by atoms with Crippen LogP contribution in [0.15, 0.2) is 24.3 Å². The molecule has 2 aliphatic rings. The summed E-state index contributed by atoms with van der Waals surface area (Å²) < 4.78 is 0. The van der Waals surface area contributed by atoms with Crippen molar-refractivity contribution in [3.05, 3.63) is 29.8 Å². The second kappa shape index (κ2) is 5.31. The summed E-state index contributed by atoms with van der Waals surface area (Å²) in [6.45, 7) is 6.76. The molecule has 0 radical (unpaired) electrons. The van der Waals surface area contributed by atoms with Gasteiger partial charge in [-0.25, -0.2) is 0 Å². The highest BCUT2D eigenvalue weighted by molar-refractivity contribution is 5.96. The number of hydrogen-bond donors (Lipinski definition) is 1. The van der Waals surface area contributed by atoms with Gasteiger partial charge < -0.3 is 10.2 Å². The van der Waals surface area contributed by atoms with E-state index in [1.54, 1.807) is 0 Å². The van der Waals surface area contributed by atoms with Gasteiger partial charge in [-0.05, 0) is 25.0 Å². The Balaban J connectivity index is 1.65. The zero-order valence-corrected chi connectivity index (χ0v) is 11.5. The molecule has 0 aromatic heterocycles. The number of benzene rings is 1. The summed E-state index contributed by atoms with van der Waals surface area (Å²) in [5, 5.41) is 2.35. The van der Waals surface area contributed by atoms with Crippen molar-refractivity contribution in [3.8, 4) is 0 Å². The van der Waals surface area contributed by atoms with Crippen LogP contribution in [0.1, 0.15) is 12.5 Å². The van der Waals surface area contributed by atoms with Gasteiger partial charge in [-0.3, -0.25) is 9.69 Å². The molecule has 0 bridgehead atoms. The van der Waals surface area contributed by atoms with Gasteiger partial charge in [-0.1, -0.05) is 18.2 Å². The number of amides is 1. The highest BCUT2D eigenvalue weighted by atomic mass is 16.2. The second-order valence-corrected chi connectivity index (χ2v) is 5.66. The highest BCUT2D eigenvalue weighted by Gasteiger charge is 2.27. The third-order valence-electron chi connectivity index (χ3n) is 4.11. The number of hydrogen-bond acceptors (Lipinski definition) is 2. The molecule has 3 rings (SSSR count). The van der Waals surface area contributed by atoms with Crippen molar-refractivity contribution in [1.82, 2.24) is 4.90 Å². The Labute approximate surface area is 114 Å². The third-order valence-corrected chi connectivity index (χ3v) is 4.11. The summed E-state index contributed by atoms with van der Waals surface area (Å²) in [6, 6.07) is 8.86. The van der Waals surface area contributed by atoms with E-state index in [-0.39, 0.29) is 5.91 Å². The number of nitrogens with two attached hydrogens (primary N) is 1. The molecule has 0 aliphatic carbocycles. The Hall–Kier alpha value is -1.39. The molecule has 1 fully saturated rings. The fraction of sp³-hybridized carbons (Fsp3) is 0.533. The molecule has 1 aromatic carbocycles. The first-order valence-corrected chi connectivity index (χ1v) is 7.18. The predicted octanol–water partition coefficient (Wildman–Crippen LogP) is -0.157. The van der Waals surface area contributed by atoms with Gasteiger partial charge in [0.2, 0.25) is 5.91 Å². The topological polar surface area (TPSA) is 40.2 Å². The lowest BCUT2D eigenvalue weighted by Crippen LogP contribution is -2.94. The minimum Gasteiger partial charge on any atom is -0.342 e. The molecule has 1 amide bonds. The van der Waals surface area contributed by atoms with E-state index in [0.29, 0.717) is 12.6 Å². The third kappa shape index (κ3) is 2.65. The van der Waals surface area contributed by atoms with Crippen LogP contribution in [0, 0.1) is 0 Å². The molecule has 2 heterocycles. The minimum absolute atomic E-state index is 0.249. The van der Waals surface area contributed by atoms with Crippen molar-refractivity contribution in [2.75, 3.05) is 37.6 Å². The monoisotopic (exact) mass is 260 g/mol. The first-order chi connectivity index (χ1) is 9.24. The largest absolute Gasteiger partial charge is 0.342 e. The van der Waals surface area contributed by atoms with Gasteiger partial charge in [0.1, 0.15) is 0 Å². The summed E-state index contributed by atoms with van der Waals surface area (Å²) >= 11 is 0. The number of carbonyl (C=O) groups is 1. The number of rotatable bonds is 2. The van der Waals surface area contributed by atoms with Gasteiger partial charge in [0.15, 0.2) is 0 Å². The van der Waals surface area contributed by atoms with E-state index in [1.807, 2.05) is 11.0 Å². The molecule has 0 saturated carbocycles. The standard InChI is InChI=1S/C15H21N3O/c1-12-10-17(9-7-16-12)11-15(19)18-8-6-13-4-2-3-5-14(13)18/h2-5,12,16H,6-11H2,1H3/p+1/t12-/m1/s1. The van der Waals surface area contributed by atoms with Crippen molar-refractivity contribution in [1.29, 1.82) is 0 Å². The Morgan fingerprint density at radius 2 is 2.21 bits per heavy atom. The van der Waals surface area contributed by atoms with Crippen LogP contribution in [0.3, 0.4) is 0 Å². The molecular formula is C15H22N3O+. The molecule has 1 atom stereocenters. The molecule has 4 heteroatoms. The summed E-state index contributed by atoms with van der Waals surface area (Å²) in [4.78, 5) is 16.7. The summed E-state index contributed by atoms with van der Waals surface area (Å²) in [7, 11) is 0. The number of anilines is 1. The zero-order chi connectivity index (χ0) is 13.2. The zero-order valence-electron chi connectivity index (χ0n) is 11.5. The first kappa shape index (κ1) is 12.6. The number of nitrogens with zero attached hydrogens (tertiary/aromatic N) is 2. The van der Waals surface area contributed by atoms with Crippen LogP contribution in [0.5, 0.6) is 0 Å². The number of quaternary nitrogens is 1. The van der Waals surface area contributed by atoms with Crippen LogP contribution in [0.25, 0.3) is 0 Å². The van der Waals surface area contributed by atoms with Crippen molar-refractivity contribution < 1.29 is 10.1 Å². The molecule has 19 heavy (non-hydrogen) atoms. The summed E-state index contributed by atoms with van der Waals surface area (Å²) in [5.74, 6) is 0.249. The van der Waals surface area contributed by atoms with Crippen molar-refractivity contribution in [2.45, 2.75) is 19.4 Å². The maximum Gasteiger partial charge on any atom is 0.241 e. The van der Waals surface area contributed by atoms with Gasteiger partial charge in [0.05, 0.1) is 25.7 Å². The van der Waals surface area contributed by atoms with Gasteiger partial charge in [-0.2, -0.15) is 0 Å². The Bertz CT molecular complexity index is 474. The van der Waals surface area contributed by atoms with Crippen LogP contribution < -0.4 is 10.2 Å². The fourth-order valence-electron chi connectivity index (χ4n) is 3.13. The Kier molecular flexibility index (Phi) is 3.53. The maximum absolute atomic E-state index is 12.5. The molecule has 1 aromatic rings. The van der Waals surface area contributed by atoms with Gasteiger partial charge >= 0.3 is 0 Å². The average molecular weight is 260 g/mol. The van der Waals surface area contributed by atoms with Crippen molar-refractivity contribution >= 4 is 11.6 Å². The van der Waals surface area contributed by atoms with Crippen LogP contribution in [-0.2, 0) is 11.2 Å². The molecule has 1 saturated heterocycles. The average Bonchev–Trinajstić information content (AvgIpc) is 2.82. The lowest BCUT2D eigenvalue weighted by molar-refractivity contribution is -0.694. The van der Waals surface area contributed by atoms with Crippen LogP contribution in [0.2, 0.25) is 0 Å². The molecule has 102 valence electrons. The molecular weight excluding hydrogens is 238 g/mol. The normalized spacial score (nSPS) is 23.4. The van der Waals surface area contributed by atoms with Gasteiger partial charge in [-0.15, -0.1) is 0 Å². The van der Waals surface area contributed by atoms with E-state index >= 15 is 0 Å². The van der Waals surface area contributed by atoms with E-state index in [1.165, 1.54) is 5.56 Å². The smallest absolute Gasteiger partial charge is 0.241 e. The second-order valence-electron chi connectivity index (χ2n) is 5.66. The van der Waals surface area contributed by atoms with E-state index in [9.17, 15) is 4.79 Å². The quantitative estimate of drug-likeness (QED) is 0.803.